The Morgan fingerprint density at radius 3 is 1.96 bits per heavy atom. The first kappa shape index (κ1) is 23.5. The molecule has 0 radical (unpaired) electrons. The molecule has 0 unspecified atom stereocenters. The minimum absolute atomic E-state index is 0. The number of hydrogen-bond donors (Lipinski definition) is 1. The zero-order valence-electron chi connectivity index (χ0n) is 13.2. The van der Waals surface area contributed by atoms with Crippen LogP contribution < -0.4 is 0 Å². The monoisotopic (exact) mass is 472 g/mol. The molecular weight excluding hydrogens is 455 g/mol. The van der Waals surface area contributed by atoms with Crippen molar-refractivity contribution >= 4 is 51.1 Å². The van der Waals surface area contributed by atoms with E-state index in [2.05, 4.69) is 4.98 Å². The molecule has 7 heteroatoms. The number of aryl methyl sites for hydroxylation is 1. The van der Waals surface area contributed by atoms with Gasteiger partial charge in [-0.2, -0.15) is 0 Å². The third-order valence-electron chi connectivity index (χ3n) is 3.25. The van der Waals surface area contributed by atoms with Crippen LogP contribution in [0.1, 0.15) is 37.8 Å². The first-order valence-corrected chi connectivity index (χ1v) is 14.0. The summed E-state index contributed by atoms with van der Waals surface area (Å²) >= 11 is 10.9. The van der Waals surface area contributed by atoms with Gasteiger partial charge in [0.15, 0.2) is 5.75 Å². The van der Waals surface area contributed by atoms with Crippen LogP contribution in [0.5, 0.6) is 5.75 Å². The molecule has 1 aromatic carbocycles. The maximum absolute atomic E-state index is 9.65. The number of halogens is 4. The van der Waals surface area contributed by atoms with Crippen LogP contribution in [0.2, 0.25) is 10.0 Å². The van der Waals surface area contributed by atoms with Crippen molar-refractivity contribution in [3.05, 3.63) is 41.4 Å². The van der Waals surface area contributed by atoms with E-state index in [4.69, 9.17) is 40.2 Å². The zero-order chi connectivity index (χ0) is 16.5. The number of nitrogens with zero attached hydrogens (tertiary/aromatic N) is 1. The summed E-state index contributed by atoms with van der Waals surface area (Å²) in [4.78, 5) is 4.18. The normalized spacial score (nSPS) is 12.4. The van der Waals surface area contributed by atoms with Crippen LogP contribution in [0.4, 0.5) is 0 Å². The van der Waals surface area contributed by atoms with Crippen LogP contribution in [0.15, 0.2) is 18.2 Å². The number of pyridine rings is 1. The number of rotatable bonds is 0. The van der Waals surface area contributed by atoms with Gasteiger partial charge in [-0.1, -0.05) is 55.3 Å². The van der Waals surface area contributed by atoms with E-state index in [9.17, 15) is 5.11 Å². The summed E-state index contributed by atoms with van der Waals surface area (Å²) in [6, 6.07) is 5.16. The molecule has 1 saturated carbocycles. The molecule has 1 N–H and O–H groups in total. The van der Waals surface area contributed by atoms with Crippen LogP contribution in [-0.2, 0) is 20.8 Å². The molecule has 0 bridgehead atoms. The third-order valence-corrected chi connectivity index (χ3v) is 3.85. The Kier molecular flexibility index (Phi) is 13.0. The van der Waals surface area contributed by atoms with Gasteiger partial charge in [0, 0.05) is 11.1 Å². The summed E-state index contributed by atoms with van der Waals surface area (Å²) in [6.07, 6.45) is 7.50. The summed E-state index contributed by atoms with van der Waals surface area (Å²) in [7, 11) is 9.87. The third kappa shape index (κ3) is 7.93. The average molecular weight is 475 g/mol. The van der Waals surface area contributed by atoms with Crippen molar-refractivity contribution < 1.29 is 26.0 Å². The fourth-order valence-corrected chi connectivity index (χ4v) is 2.70. The first-order valence-electron chi connectivity index (χ1n) is 6.91. The van der Waals surface area contributed by atoms with Gasteiger partial charge in [0.1, 0.15) is 5.52 Å². The van der Waals surface area contributed by atoms with Crippen molar-refractivity contribution in [3.8, 4) is 5.75 Å². The predicted octanol–water partition coefficient (Wildman–Crippen LogP) is 7.33. The quantitative estimate of drug-likeness (QED) is 0.405. The van der Waals surface area contributed by atoms with Crippen molar-refractivity contribution in [3.63, 3.8) is 0 Å². The maximum atomic E-state index is 9.65. The standard InChI is InChI=1S/C10H7Cl2NO.C5H10.CH3.2ClH.Zr/c1-5-2-3-6-7(11)4-8(12)10(14)9(6)13-5;1-2-4-5-3-1;;;;/h2-4,14H,1H3;1-5H2;1H3;2*1H;/q;;-1;;;+2/p-2. The number of benzene rings is 1. The number of phenols is 1. The van der Waals surface area contributed by atoms with Crippen molar-refractivity contribution in [1.29, 1.82) is 0 Å². The molecule has 128 valence electrons. The van der Waals surface area contributed by atoms with E-state index in [1.807, 2.05) is 19.1 Å². The molecule has 2 aromatic rings. The second-order valence-corrected chi connectivity index (χ2v) is 9.42. The van der Waals surface area contributed by atoms with Gasteiger partial charge < -0.3 is 12.5 Å². The van der Waals surface area contributed by atoms with E-state index in [1.54, 1.807) is 0 Å². The molecule has 2 nitrogen and oxygen atoms in total. The minimum atomic E-state index is -0.826. The zero-order valence-corrected chi connectivity index (χ0v) is 18.7. The van der Waals surface area contributed by atoms with Crippen molar-refractivity contribution in [2.75, 3.05) is 0 Å². The topological polar surface area (TPSA) is 33.1 Å². The molecule has 0 aliphatic heterocycles. The number of fused-ring (bicyclic) bond motifs is 1. The molecule has 3 rings (SSSR count). The van der Waals surface area contributed by atoms with E-state index in [1.165, 1.54) is 38.2 Å². The second-order valence-electron chi connectivity index (χ2n) is 4.88. The summed E-state index contributed by atoms with van der Waals surface area (Å²) < 4.78 is 0. The Bertz CT molecular complexity index is 599. The van der Waals surface area contributed by atoms with Crippen LogP contribution in [-0.4, -0.2) is 10.1 Å². The Labute approximate surface area is 167 Å². The molecular formula is C16H20Cl4NOZr-. The van der Waals surface area contributed by atoms with E-state index < -0.39 is 20.8 Å². The number of aromatic nitrogens is 1. The Morgan fingerprint density at radius 2 is 1.48 bits per heavy atom. The molecule has 0 saturated heterocycles. The average Bonchev–Trinajstić information content (AvgIpc) is 3.05. The van der Waals surface area contributed by atoms with Crippen molar-refractivity contribution in [2.45, 2.75) is 39.0 Å². The predicted molar refractivity (Wildman–Crippen MR) is 99.4 cm³/mol. The Hall–Kier alpha value is 0.473. The van der Waals surface area contributed by atoms with Crippen molar-refractivity contribution in [1.82, 2.24) is 4.98 Å². The molecule has 1 fully saturated rings. The van der Waals surface area contributed by atoms with Gasteiger partial charge in [0.05, 0.1) is 10.0 Å². The van der Waals surface area contributed by atoms with Gasteiger partial charge in [-0.25, -0.2) is 4.98 Å². The Morgan fingerprint density at radius 1 is 1.00 bits per heavy atom. The molecule has 1 aliphatic rings. The van der Waals surface area contributed by atoms with Crippen molar-refractivity contribution in [2.24, 2.45) is 0 Å². The van der Waals surface area contributed by atoms with Gasteiger partial charge in [-0.05, 0) is 25.1 Å². The molecule has 0 amide bonds. The van der Waals surface area contributed by atoms with E-state index >= 15 is 0 Å². The molecule has 1 heterocycles. The van der Waals surface area contributed by atoms with Gasteiger partial charge in [0.25, 0.3) is 0 Å². The summed E-state index contributed by atoms with van der Waals surface area (Å²) in [6.45, 7) is 1.84. The van der Waals surface area contributed by atoms with E-state index in [-0.39, 0.29) is 18.2 Å². The molecule has 0 atom stereocenters. The fraction of sp³-hybridized carbons (Fsp3) is 0.375. The van der Waals surface area contributed by atoms with Crippen LogP contribution >= 0.6 is 40.2 Å². The summed E-state index contributed by atoms with van der Waals surface area (Å²) in [5.74, 6) is -0.0187. The van der Waals surface area contributed by atoms with Gasteiger partial charge >= 0.3 is 37.9 Å². The van der Waals surface area contributed by atoms with E-state index in [0.717, 1.165) is 5.69 Å². The SMILES string of the molecule is C1CCCC1.Cc1ccc2c(Cl)cc(Cl)c(O)c2n1.[CH3-].[Cl][Zr][Cl]. The first-order chi connectivity index (χ1) is 10.5. The second kappa shape index (κ2) is 12.8. The number of phenolic OH excluding ortho intramolecular Hbond substituents is 1. The summed E-state index contributed by atoms with van der Waals surface area (Å²) in [5.41, 5.74) is 1.26. The van der Waals surface area contributed by atoms with Crippen LogP contribution in [0, 0.1) is 14.4 Å². The van der Waals surface area contributed by atoms with Gasteiger partial charge in [0.2, 0.25) is 0 Å². The fourth-order valence-electron chi connectivity index (χ4n) is 2.18. The van der Waals surface area contributed by atoms with Crippen LogP contribution in [0.3, 0.4) is 0 Å². The Balaban J connectivity index is 0.000000450. The molecule has 1 aromatic heterocycles. The van der Waals surface area contributed by atoms with Crippen LogP contribution in [0.25, 0.3) is 10.9 Å². The number of aromatic hydroxyl groups is 1. The number of hydrogen-bond acceptors (Lipinski definition) is 2. The molecule has 23 heavy (non-hydrogen) atoms. The van der Waals surface area contributed by atoms with Gasteiger partial charge in [-0.15, -0.1) is 0 Å². The van der Waals surface area contributed by atoms with E-state index in [0.29, 0.717) is 15.9 Å². The molecule has 1 aliphatic carbocycles. The van der Waals surface area contributed by atoms with Gasteiger partial charge in [-0.3, -0.25) is 0 Å². The summed E-state index contributed by atoms with van der Waals surface area (Å²) in [5, 5.41) is 11.1. The molecule has 0 spiro atoms.